The Morgan fingerprint density at radius 2 is 2.00 bits per heavy atom. The summed E-state index contributed by atoms with van der Waals surface area (Å²) in [6.45, 7) is 5.37. The van der Waals surface area contributed by atoms with Gasteiger partial charge < -0.3 is 20.1 Å². The van der Waals surface area contributed by atoms with Crippen LogP contribution in [0.3, 0.4) is 0 Å². The third-order valence-electron chi connectivity index (χ3n) is 4.27. The van der Waals surface area contributed by atoms with E-state index in [4.69, 9.17) is 16.3 Å². The molecule has 0 saturated heterocycles. The molecule has 1 aliphatic rings. The van der Waals surface area contributed by atoms with Crippen molar-refractivity contribution in [1.82, 2.24) is 10.3 Å². The molecule has 0 saturated carbocycles. The number of benzene rings is 1. The summed E-state index contributed by atoms with van der Waals surface area (Å²) in [5, 5.41) is 12.5. The molecule has 8 nitrogen and oxygen atoms in total. The van der Waals surface area contributed by atoms with Gasteiger partial charge in [0.15, 0.2) is 0 Å². The third kappa shape index (κ3) is 5.89. The third-order valence-corrected chi connectivity index (χ3v) is 5.65. The van der Waals surface area contributed by atoms with Crippen LogP contribution in [0.25, 0.3) is 0 Å². The number of ether oxygens (including phenoxy) is 1. The molecule has 1 aromatic heterocycles. The molecule has 10 heteroatoms. The van der Waals surface area contributed by atoms with Gasteiger partial charge in [0, 0.05) is 21.9 Å². The lowest BCUT2D eigenvalue weighted by molar-refractivity contribution is -0.120. The summed E-state index contributed by atoms with van der Waals surface area (Å²) in [4.78, 5) is 43.2. The molecule has 0 bridgehead atoms. The second-order valence-electron chi connectivity index (χ2n) is 7.90. The number of halogens is 1. The number of amides is 2. The van der Waals surface area contributed by atoms with Gasteiger partial charge in [0.1, 0.15) is 17.3 Å². The van der Waals surface area contributed by atoms with Crippen molar-refractivity contribution >= 4 is 47.0 Å². The highest BCUT2D eigenvalue weighted by molar-refractivity contribution is 7.99. The summed E-state index contributed by atoms with van der Waals surface area (Å²) < 4.78 is 5.29. The molecule has 0 fully saturated rings. The highest BCUT2D eigenvalue weighted by Crippen LogP contribution is 2.35. The average molecular weight is 464 g/mol. The van der Waals surface area contributed by atoms with Gasteiger partial charge in [0.2, 0.25) is 0 Å². The number of pyridine rings is 1. The Bertz CT molecular complexity index is 1010. The average Bonchev–Trinajstić information content (AvgIpc) is 2.80. The van der Waals surface area contributed by atoms with Crippen LogP contribution in [0, 0.1) is 0 Å². The van der Waals surface area contributed by atoms with Crippen LogP contribution in [0.15, 0.2) is 41.4 Å². The summed E-state index contributed by atoms with van der Waals surface area (Å²) in [6.07, 6.45) is 0.731. The van der Waals surface area contributed by atoms with Gasteiger partial charge in [0.05, 0.1) is 12.2 Å². The number of rotatable bonds is 4. The molecule has 3 rings (SSSR count). The van der Waals surface area contributed by atoms with Gasteiger partial charge in [-0.15, -0.1) is 11.8 Å². The number of aromatic carboxylic acids is 1. The molecule has 0 aliphatic carbocycles. The van der Waals surface area contributed by atoms with Crippen LogP contribution < -0.4 is 10.2 Å². The molecule has 2 N–H and O–H groups in total. The lowest BCUT2D eigenvalue weighted by Crippen LogP contribution is -2.50. The van der Waals surface area contributed by atoms with Gasteiger partial charge in [-0.25, -0.2) is 14.6 Å². The van der Waals surface area contributed by atoms with Gasteiger partial charge >= 0.3 is 12.1 Å². The first kappa shape index (κ1) is 22.9. The number of thioether (sulfide) groups is 1. The van der Waals surface area contributed by atoms with Crippen LogP contribution in [0.2, 0.25) is 5.02 Å². The predicted octanol–water partition coefficient (Wildman–Crippen LogP) is 3.97. The van der Waals surface area contributed by atoms with E-state index in [9.17, 15) is 19.5 Å². The first-order valence-corrected chi connectivity index (χ1v) is 10.8. The minimum atomic E-state index is -1.20. The molecule has 0 spiro atoms. The molecular formula is C21H22ClN3O5S. The van der Waals surface area contributed by atoms with E-state index in [-0.39, 0.29) is 23.9 Å². The molecule has 0 radical (unpaired) electrons. The van der Waals surface area contributed by atoms with E-state index in [0.29, 0.717) is 15.6 Å². The van der Waals surface area contributed by atoms with Crippen LogP contribution in [0.4, 0.5) is 10.5 Å². The highest BCUT2D eigenvalue weighted by atomic mass is 35.5. The van der Waals surface area contributed by atoms with Crippen molar-refractivity contribution in [1.29, 1.82) is 0 Å². The van der Waals surface area contributed by atoms with E-state index >= 15 is 0 Å². The minimum absolute atomic E-state index is 0.166. The Hall–Kier alpha value is -2.78. The largest absolute Gasteiger partial charge is 0.477 e. The second kappa shape index (κ2) is 9.15. The molecular weight excluding hydrogens is 442 g/mol. The Balaban J connectivity index is 1.95. The van der Waals surface area contributed by atoms with Crippen LogP contribution in [-0.4, -0.2) is 45.5 Å². The number of fused-ring (bicyclic) bond motifs is 1. The molecule has 1 aromatic carbocycles. The molecule has 2 heterocycles. The molecule has 2 amide bonds. The maximum Gasteiger partial charge on any atom is 0.408 e. The van der Waals surface area contributed by atoms with E-state index in [0.717, 1.165) is 5.56 Å². The van der Waals surface area contributed by atoms with Crippen molar-refractivity contribution in [2.75, 3.05) is 10.7 Å². The Morgan fingerprint density at radius 1 is 1.32 bits per heavy atom. The van der Waals surface area contributed by atoms with Crippen molar-refractivity contribution in [2.24, 2.45) is 0 Å². The smallest absolute Gasteiger partial charge is 0.408 e. The number of carbonyl (C=O) groups excluding carboxylic acids is 2. The minimum Gasteiger partial charge on any atom is -0.477 e. The van der Waals surface area contributed by atoms with E-state index in [2.05, 4.69) is 10.3 Å². The number of nitrogens with zero attached hydrogens (tertiary/aromatic N) is 2. The summed E-state index contributed by atoms with van der Waals surface area (Å²) in [6, 6.07) is 7.48. The van der Waals surface area contributed by atoms with E-state index in [1.54, 1.807) is 45.0 Å². The molecule has 1 aliphatic heterocycles. The van der Waals surface area contributed by atoms with Crippen molar-refractivity contribution in [2.45, 2.75) is 43.9 Å². The summed E-state index contributed by atoms with van der Waals surface area (Å²) in [5.74, 6) is -1.33. The summed E-state index contributed by atoms with van der Waals surface area (Å²) in [7, 11) is 0. The maximum atomic E-state index is 13.4. The van der Waals surface area contributed by atoms with Crippen LogP contribution in [-0.2, 0) is 16.1 Å². The number of carboxylic acids is 1. The van der Waals surface area contributed by atoms with Gasteiger partial charge in [0.25, 0.3) is 5.91 Å². The second-order valence-corrected chi connectivity index (χ2v) is 9.40. The van der Waals surface area contributed by atoms with Gasteiger partial charge in [-0.2, -0.15) is 0 Å². The van der Waals surface area contributed by atoms with Gasteiger partial charge in [-0.05, 0) is 44.5 Å². The van der Waals surface area contributed by atoms with Crippen molar-refractivity contribution in [3.05, 3.63) is 52.8 Å². The predicted molar refractivity (Wildman–Crippen MR) is 118 cm³/mol. The number of nitrogens with one attached hydrogen (secondary N) is 1. The van der Waals surface area contributed by atoms with E-state index in [1.165, 1.54) is 28.9 Å². The summed E-state index contributed by atoms with van der Waals surface area (Å²) >= 11 is 7.27. The number of aromatic nitrogens is 1. The van der Waals surface area contributed by atoms with Gasteiger partial charge in [-0.1, -0.05) is 23.7 Å². The van der Waals surface area contributed by atoms with Crippen molar-refractivity contribution in [3.8, 4) is 0 Å². The number of hydrogen-bond acceptors (Lipinski definition) is 6. The Kier molecular flexibility index (Phi) is 6.76. The normalized spacial score (nSPS) is 16.3. The molecule has 164 valence electrons. The molecule has 0 unspecified atom stereocenters. The van der Waals surface area contributed by atoms with Crippen LogP contribution in [0.1, 0.15) is 36.8 Å². The lowest BCUT2D eigenvalue weighted by atomic mass is 10.1. The number of carboxylic acid groups (broad SMARTS) is 1. The Morgan fingerprint density at radius 3 is 2.61 bits per heavy atom. The fraction of sp³-hybridized carbons (Fsp3) is 0.333. The number of hydrogen-bond donors (Lipinski definition) is 2. The topological polar surface area (TPSA) is 109 Å². The maximum absolute atomic E-state index is 13.4. The monoisotopic (exact) mass is 463 g/mol. The Labute approximate surface area is 188 Å². The highest BCUT2D eigenvalue weighted by Gasteiger charge is 2.34. The molecule has 1 atom stereocenters. The molecule has 2 aromatic rings. The first-order valence-electron chi connectivity index (χ1n) is 9.45. The van der Waals surface area contributed by atoms with Crippen molar-refractivity contribution in [3.63, 3.8) is 0 Å². The SMILES string of the molecule is CC(C)(C)OC(=O)N[C@H]1CSc2cnc(C(=O)O)cc2N(Cc2ccc(Cl)cc2)C1=O. The number of carbonyl (C=O) groups is 3. The zero-order valence-corrected chi connectivity index (χ0v) is 18.8. The number of alkyl carbamates (subject to hydrolysis) is 1. The zero-order valence-electron chi connectivity index (χ0n) is 17.2. The van der Waals surface area contributed by atoms with E-state index in [1.807, 2.05) is 0 Å². The molecule has 31 heavy (non-hydrogen) atoms. The van der Waals surface area contributed by atoms with Gasteiger partial charge in [-0.3, -0.25) is 4.79 Å². The first-order chi connectivity index (χ1) is 14.5. The van der Waals surface area contributed by atoms with Crippen LogP contribution >= 0.6 is 23.4 Å². The standard InChI is InChI=1S/C21H22ClN3O5S/c1-21(2,3)30-20(29)24-15-11-31-17-9-23-14(19(27)28)8-16(17)25(18(15)26)10-12-4-6-13(22)7-5-12/h4-9,15H,10-11H2,1-3H3,(H,24,29)(H,27,28)/t15-/m0/s1. The fourth-order valence-electron chi connectivity index (χ4n) is 2.91. The number of anilines is 1. The quantitative estimate of drug-likeness (QED) is 0.706. The zero-order chi connectivity index (χ0) is 22.8. The summed E-state index contributed by atoms with van der Waals surface area (Å²) in [5.41, 5.74) is 0.329. The van der Waals surface area contributed by atoms with Crippen LogP contribution in [0.5, 0.6) is 0 Å². The van der Waals surface area contributed by atoms with E-state index < -0.39 is 23.7 Å². The fourth-order valence-corrected chi connectivity index (χ4v) is 4.05. The lowest BCUT2D eigenvalue weighted by Gasteiger charge is -2.27. The van der Waals surface area contributed by atoms with Crippen molar-refractivity contribution < 1.29 is 24.2 Å².